The molecule has 0 saturated heterocycles. The lowest BCUT2D eigenvalue weighted by atomic mass is 10.0. The lowest BCUT2D eigenvalue weighted by Crippen LogP contribution is -2.30. The number of carbonyl (C=O) groups excluding carboxylic acids is 4. The van der Waals surface area contributed by atoms with Crippen LogP contribution >= 0.6 is 15.6 Å². The molecule has 0 aromatic rings. The summed E-state index contributed by atoms with van der Waals surface area (Å²) < 4.78 is 68.9. The highest BCUT2D eigenvalue weighted by molar-refractivity contribution is 7.47. The van der Waals surface area contributed by atoms with Gasteiger partial charge in [-0.1, -0.05) is 420 Å². The highest BCUT2D eigenvalue weighted by Gasteiger charge is 2.30. The SMILES string of the molecule is CCCCCCCCCCCCCCCCCCCCCCCC(=O)O[C@H](COC(=O)CCCCCCCCCCCCCCCCCCCCCC)COP(=O)(O)OC[C@@H](O)COP(=O)(O)OC[C@@H](COC(=O)CCCCCCCCC(C)C)OC(=O)CCCCCCCCCCCCCCCCC(C)C. The highest BCUT2D eigenvalue weighted by Crippen LogP contribution is 2.45. The fraction of sp³-hybridized carbons (Fsp3) is 0.955. The molecule has 636 valence electrons. The molecule has 17 nitrogen and oxygen atoms in total. The van der Waals surface area contributed by atoms with Gasteiger partial charge in [0.15, 0.2) is 12.2 Å². The quantitative estimate of drug-likeness (QED) is 0.0222. The van der Waals surface area contributed by atoms with E-state index in [0.717, 1.165) is 102 Å². The van der Waals surface area contributed by atoms with Crippen molar-refractivity contribution in [2.24, 2.45) is 11.8 Å². The highest BCUT2D eigenvalue weighted by atomic mass is 31.2. The minimum atomic E-state index is -4.97. The monoisotopic (exact) mass is 1560 g/mol. The third-order valence-electron chi connectivity index (χ3n) is 20.7. The minimum absolute atomic E-state index is 0.107. The zero-order valence-electron chi connectivity index (χ0n) is 70.5. The van der Waals surface area contributed by atoms with Gasteiger partial charge in [-0.3, -0.25) is 37.3 Å². The van der Waals surface area contributed by atoms with Crippen molar-refractivity contribution in [3.63, 3.8) is 0 Å². The van der Waals surface area contributed by atoms with Gasteiger partial charge in [0.25, 0.3) is 0 Å². The van der Waals surface area contributed by atoms with Crippen molar-refractivity contribution in [2.45, 2.75) is 490 Å². The third-order valence-corrected chi connectivity index (χ3v) is 22.6. The molecule has 0 heterocycles. The maximum atomic E-state index is 13.2. The predicted octanol–water partition coefficient (Wildman–Crippen LogP) is 27.0. The van der Waals surface area contributed by atoms with E-state index in [1.807, 2.05) is 0 Å². The summed E-state index contributed by atoms with van der Waals surface area (Å²) in [5, 5.41) is 10.7. The van der Waals surface area contributed by atoms with Crippen LogP contribution < -0.4 is 0 Å². The maximum absolute atomic E-state index is 13.2. The van der Waals surface area contributed by atoms with Gasteiger partial charge in [-0.2, -0.15) is 0 Å². The van der Waals surface area contributed by atoms with Crippen molar-refractivity contribution in [2.75, 3.05) is 39.6 Å². The molecular weight excluding hydrogens is 1390 g/mol. The number of esters is 4. The topological polar surface area (TPSA) is 237 Å². The summed E-state index contributed by atoms with van der Waals surface area (Å²) in [5.74, 6) is -0.629. The Labute approximate surface area is 658 Å². The Morgan fingerprint density at radius 1 is 0.252 bits per heavy atom. The number of carbonyl (C=O) groups is 4. The number of hydrogen-bond acceptors (Lipinski definition) is 15. The molecule has 5 atom stereocenters. The number of aliphatic hydroxyl groups excluding tert-OH is 1. The van der Waals surface area contributed by atoms with Gasteiger partial charge in [-0.25, -0.2) is 9.13 Å². The summed E-state index contributed by atoms with van der Waals surface area (Å²) in [6, 6.07) is 0. The number of phosphoric acid groups is 2. The van der Waals surface area contributed by atoms with Crippen LogP contribution in [0.15, 0.2) is 0 Å². The zero-order valence-corrected chi connectivity index (χ0v) is 72.2. The minimum Gasteiger partial charge on any atom is -0.462 e. The van der Waals surface area contributed by atoms with Crippen LogP contribution in [0.1, 0.15) is 472 Å². The van der Waals surface area contributed by atoms with Gasteiger partial charge in [0.2, 0.25) is 0 Å². The van der Waals surface area contributed by atoms with Crippen molar-refractivity contribution in [1.29, 1.82) is 0 Å². The fourth-order valence-electron chi connectivity index (χ4n) is 13.8. The molecule has 19 heteroatoms. The first-order valence-corrected chi connectivity index (χ1v) is 48.5. The van der Waals surface area contributed by atoms with Crippen LogP contribution in [0.3, 0.4) is 0 Å². The standard InChI is InChI=1S/C88H172O17P2/c1-7-9-11-13-15-17-19-21-23-25-27-29-31-33-35-40-44-48-52-60-66-72-87(92)104-83(76-98-85(90)70-64-58-51-47-43-39-34-32-30-28-26-24-22-20-18-16-14-12-10-8-2)78-102-106(94,95)100-74-82(89)75-101-107(96,97)103-79-84(77-99-86(91)71-65-59-55-54-57-63-69-81(5)6)105-88(93)73-67-61-53-49-45-41-37-36-38-42-46-50-56-62-68-80(3)4/h80-84,89H,7-79H2,1-6H3,(H,94,95)(H,96,97)/t82-,83-,84-/m1/s1. The Balaban J connectivity index is 5.20. The van der Waals surface area contributed by atoms with Gasteiger partial charge in [-0.05, 0) is 37.5 Å². The second-order valence-electron chi connectivity index (χ2n) is 32.6. The van der Waals surface area contributed by atoms with Crippen molar-refractivity contribution in [3.8, 4) is 0 Å². The van der Waals surface area contributed by atoms with E-state index in [1.54, 1.807) is 0 Å². The summed E-state index contributed by atoms with van der Waals surface area (Å²) in [7, 11) is -9.93. The molecule has 3 N–H and O–H groups in total. The Hall–Kier alpha value is -1.94. The van der Waals surface area contributed by atoms with E-state index in [0.29, 0.717) is 31.6 Å². The lowest BCUT2D eigenvalue weighted by Gasteiger charge is -2.21. The molecule has 0 rings (SSSR count). The first-order valence-electron chi connectivity index (χ1n) is 45.5. The molecule has 0 saturated carbocycles. The van der Waals surface area contributed by atoms with Crippen LogP contribution in [0.4, 0.5) is 0 Å². The Morgan fingerprint density at radius 3 is 0.636 bits per heavy atom. The van der Waals surface area contributed by atoms with Gasteiger partial charge in [0, 0.05) is 25.7 Å². The smallest absolute Gasteiger partial charge is 0.462 e. The average molecular weight is 1560 g/mol. The molecule has 2 unspecified atom stereocenters. The molecule has 0 fully saturated rings. The first kappa shape index (κ1) is 105. The molecule has 0 spiro atoms. The molecule has 0 bridgehead atoms. The summed E-state index contributed by atoms with van der Waals surface area (Å²) in [4.78, 5) is 73.2. The van der Waals surface area contributed by atoms with Gasteiger partial charge in [0.05, 0.1) is 26.4 Å². The van der Waals surface area contributed by atoms with Crippen LogP contribution in [-0.2, 0) is 65.4 Å². The molecular formula is C88H172O17P2. The van der Waals surface area contributed by atoms with Crippen LogP contribution in [0.25, 0.3) is 0 Å². The molecule has 0 radical (unpaired) electrons. The largest absolute Gasteiger partial charge is 0.472 e. The predicted molar refractivity (Wildman–Crippen MR) is 442 cm³/mol. The summed E-state index contributed by atoms with van der Waals surface area (Å²) in [5.41, 5.74) is 0. The number of unbranched alkanes of at least 4 members (excludes halogenated alkanes) is 57. The Bertz CT molecular complexity index is 2050. The molecule has 0 aliphatic rings. The van der Waals surface area contributed by atoms with Gasteiger partial charge < -0.3 is 33.8 Å². The zero-order chi connectivity index (χ0) is 78.5. The maximum Gasteiger partial charge on any atom is 0.472 e. The fourth-order valence-corrected chi connectivity index (χ4v) is 15.4. The number of hydrogen-bond donors (Lipinski definition) is 3. The Morgan fingerprint density at radius 2 is 0.430 bits per heavy atom. The van der Waals surface area contributed by atoms with Gasteiger partial charge >= 0.3 is 39.5 Å². The number of aliphatic hydroxyl groups is 1. The van der Waals surface area contributed by atoms with E-state index in [9.17, 15) is 43.2 Å². The molecule has 0 aliphatic carbocycles. The van der Waals surface area contributed by atoms with Gasteiger partial charge in [0.1, 0.15) is 19.3 Å². The van der Waals surface area contributed by atoms with Crippen molar-refractivity contribution < 1.29 is 80.2 Å². The summed E-state index contributed by atoms with van der Waals surface area (Å²) in [6.45, 7) is 9.62. The Kier molecular flexibility index (Phi) is 77.9. The summed E-state index contributed by atoms with van der Waals surface area (Å²) in [6.07, 6.45) is 72.6. The molecule has 107 heavy (non-hydrogen) atoms. The van der Waals surface area contributed by atoms with Crippen molar-refractivity contribution in [3.05, 3.63) is 0 Å². The first-order chi connectivity index (χ1) is 51.9. The van der Waals surface area contributed by atoms with E-state index in [4.69, 9.17) is 37.0 Å². The number of ether oxygens (including phenoxy) is 4. The van der Waals surface area contributed by atoms with Crippen LogP contribution in [0.2, 0.25) is 0 Å². The van der Waals surface area contributed by atoms with Gasteiger partial charge in [-0.15, -0.1) is 0 Å². The van der Waals surface area contributed by atoms with Crippen LogP contribution in [0, 0.1) is 11.8 Å². The lowest BCUT2D eigenvalue weighted by molar-refractivity contribution is -0.161. The average Bonchev–Trinajstić information content (AvgIpc) is 0.907. The number of phosphoric ester groups is 2. The normalized spacial score (nSPS) is 13.8. The second-order valence-corrected chi connectivity index (χ2v) is 35.5. The molecule has 0 amide bonds. The van der Waals surface area contributed by atoms with E-state index in [1.165, 1.54) is 283 Å². The van der Waals surface area contributed by atoms with Crippen molar-refractivity contribution in [1.82, 2.24) is 0 Å². The van der Waals surface area contributed by atoms with E-state index < -0.39 is 97.5 Å². The molecule has 0 aliphatic heterocycles. The second kappa shape index (κ2) is 79.3. The molecule has 0 aromatic heterocycles. The van der Waals surface area contributed by atoms with E-state index in [2.05, 4.69) is 41.5 Å². The third kappa shape index (κ3) is 81.9. The number of rotatable bonds is 87. The van der Waals surface area contributed by atoms with Crippen LogP contribution in [0.5, 0.6) is 0 Å². The van der Waals surface area contributed by atoms with E-state index >= 15 is 0 Å². The van der Waals surface area contributed by atoms with Crippen molar-refractivity contribution >= 4 is 39.5 Å². The van der Waals surface area contributed by atoms with Crippen LogP contribution in [-0.4, -0.2) is 96.7 Å². The van der Waals surface area contributed by atoms with E-state index in [-0.39, 0.29) is 25.7 Å². The molecule has 0 aromatic carbocycles. The summed E-state index contributed by atoms with van der Waals surface area (Å²) >= 11 is 0.